The van der Waals surface area contributed by atoms with Gasteiger partial charge < -0.3 is 15.4 Å². The summed E-state index contributed by atoms with van der Waals surface area (Å²) in [6, 6.07) is 0.0744. The van der Waals surface area contributed by atoms with E-state index in [2.05, 4.69) is 10.6 Å². The quantitative estimate of drug-likeness (QED) is 0.638. The summed E-state index contributed by atoms with van der Waals surface area (Å²) in [6.07, 6.45) is 0.914. The molecule has 0 aliphatic carbocycles. The second-order valence-corrected chi connectivity index (χ2v) is 4.41. The van der Waals surface area contributed by atoms with Gasteiger partial charge in [0.05, 0.1) is 12.6 Å². The normalized spacial score (nSPS) is 22.8. The molecule has 0 radical (unpaired) electrons. The van der Waals surface area contributed by atoms with E-state index in [4.69, 9.17) is 4.74 Å². The third kappa shape index (κ3) is 4.12. The van der Waals surface area contributed by atoms with E-state index in [0.717, 1.165) is 13.0 Å². The Morgan fingerprint density at radius 2 is 2.15 bits per heavy atom. The summed E-state index contributed by atoms with van der Waals surface area (Å²) in [7, 11) is 0. The highest BCUT2D eigenvalue weighted by Gasteiger charge is 2.20. The highest BCUT2D eigenvalue weighted by atomic mass is 16.5. The van der Waals surface area contributed by atoms with E-state index < -0.39 is 0 Å². The Balaban J connectivity index is 2.24. The highest BCUT2D eigenvalue weighted by Crippen LogP contribution is 2.04. The Morgan fingerprint density at radius 3 is 2.62 bits per heavy atom. The fraction of sp³-hybridized carbons (Fsp3) is 0.889. The molecule has 13 heavy (non-hydrogen) atoms. The second kappa shape index (κ2) is 3.96. The monoisotopic (exact) mass is 186 g/mol. The number of nitrogens with one attached hydrogen (secondary N) is 2. The van der Waals surface area contributed by atoms with Gasteiger partial charge in [0.15, 0.2) is 0 Å². The van der Waals surface area contributed by atoms with Gasteiger partial charge in [-0.1, -0.05) is 0 Å². The summed E-state index contributed by atoms with van der Waals surface area (Å²) in [6.45, 7) is 7.26. The Hall–Kier alpha value is -0.770. The molecule has 1 fully saturated rings. The molecule has 1 aliphatic rings. The maximum absolute atomic E-state index is 11.3. The number of ether oxygens (including phenoxy) is 1. The average Bonchev–Trinajstić information content (AvgIpc) is 2.34. The van der Waals surface area contributed by atoms with Crippen LogP contribution in [0.5, 0.6) is 0 Å². The highest BCUT2D eigenvalue weighted by molar-refractivity contribution is 5.75. The summed E-state index contributed by atoms with van der Waals surface area (Å²) in [4.78, 5) is 11.3. The van der Waals surface area contributed by atoms with Gasteiger partial charge in [-0.05, 0) is 27.2 Å². The number of carbonyl (C=O) groups is 1. The van der Waals surface area contributed by atoms with Gasteiger partial charge in [-0.2, -0.15) is 0 Å². The van der Waals surface area contributed by atoms with Gasteiger partial charge in [-0.15, -0.1) is 0 Å². The molecule has 4 nitrogen and oxygen atoms in total. The summed E-state index contributed by atoms with van der Waals surface area (Å²) in [5, 5.41) is 5.70. The van der Waals surface area contributed by atoms with Crippen molar-refractivity contribution in [2.45, 2.75) is 38.8 Å². The Kier molecular flexibility index (Phi) is 3.14. The molecule has 0 aromatic heterocycles. The minimum absolute atomic E-state index is 0.108. The molecule has 76 valence electrons. The number of amides is 2. The zero-order chi connectivity index (χ0) is 9.90. The molecule has 1 saturated heterocycles. The first-order chi connectivity index (χ1) is 5.97. The van der Waals surface area contributed by atoms with Crippen LogP contribution in [0.15, 0.2) is 0 Å². The van der Waals surface area contributed by atoms with Crippen molar-refractivity contribution >= 4 is 6.03 Å². The first-order valence-corrected chi connectivity index (χ1v) is 4.64. The van der Waals surface area contributed by atoms with E-state index in [1.807, 2.05) is 20.8 Å². The van der Waals surface area contributed by atoms with Gasteiger partial charge in [0.1, 0.15) is 0 Å². The van der Waals surface area contributed by atoms with Crippen molar-refractivity contribution in [3.05, 3.63) is 0 Å². The zero-order valence-corrected chi connectivity index (χ0v) is 8.52. The van der Waals surface area contributed by atoms with Crippen molar-refractivity contribution < 1.29 is 9.53 Å². The first kappa shape index (κ1) is 10.3. The van der Waals surface area contributed by atoms with Crippen LogP contribution in [0, 0.1) is 0 Å². The van der Waals surface area contributed by atoms with Crippen molar-refractivity contribution in [1.82, 2.24) is 10.6 Å². The maximum atomic E-state index is 11.3. The van der Waals surface area contributed by atoms with E-state index >= 15 is 0 Å². The average molecular weight is 186 g/mol. The predicted octanol–water partition coefficient (Wildman–Crippen LogP) is 0.873. The first-order valence-electron chi connectivity index (χ1n) is 4.64. The van der Waals surface area contributed by atoms with Gasteiger partial charge in [0.25, 0.3) is 0 Å². The van der Waals surface area contributed by atoms with Gasteiger partial charge in [-0.3, -0.25) is 0 Å². The number of rotatable bonds is 1. The summed E-state index contributed by atoms with van der Waals surface area (Å²) >= 11 is 0. The Bertz CT molecular complexity index is 181. The fourth-order valence-corrected chi connectivity index (χ4v) is 1.21. The Morgan fingerprint density at radius 1 is 1.46 bits per heavy atom. The topological polar surface area (TPSA) is 50.4 Å². The van der Waals surface area contributed by atoms with Gasteiger partial charge in [0.2, 0.25) is 0 Å². The number of hydrogen-bond donors (Lipinski definition) is 2. The lowest BCUT2D eigenvalue weighted by Gasteiger charge is -2.22. The van der Waals surface area contributed by atoms with Gasteiger partial charge in [0, 0.05) is 12.1 Å². The molecular formula is C9H18N2O2. The summed E-state index contributed by atoms with van der Waals surface area (Å²) in [5.74, 6) is 0. The summed E-state index contributed by atoms with van der Waals surface area (Å²) < 4.78 is 5.15. The van der Waals surface area contributed by atoms with E-state index in [0.29, 0.717) is 6.61 Å². The summed E-state index contributed by atoms with van der Waals surface area (Å²) in [5.41, 5.74) is -0.177. The van der Waals surface area contributed by atoms with Crippen LogP contribution in [-0.2, 0) is 4.74 Å². The van der Waals surface area contributed by atoms with Crippen LogP contribution in [0.25, 0.3) is 0 Å². The van der Waals surface area contributed by atoms with Crippen LogP contribution in [0.2, 0.25) is 0 Å². The molecule has 1 atom stereocenters. The molecule has 4 heteroatoms. The zero-order valence-electron chi connectivity index (χ0n) is 8.52. The van der Waals surface area contributed by atoms with E-state index in [1.165, 1.54) is 0 Å². The van der Waals surface area contributed by atoms with Crippen molar-refractivity contribution in [3.63, 3.8) is 0 Å². The van der Waals surface area contributed by atoms with Crippen molar-refractivity contribution in [2.75, 3.05) is 13.2 Å². The molecule has 0 aromatic rings. The van der Waals surface area contributed by atoms with Gasteiger partial charge >= 0.3 is 6.03 Å². The molecule has 0 saturated carbocycles. The molecule has 0 aromatic carbocycles. The molecule has 1 unspecified atom stereocenters. The molecule has 1 heterocycles. The maximum Gasteiger partial charge on any atom is 0.315 e. The van der Waals surface area contributed by atoms with Crippen LogP contribution in [0.3, 0.4) is 0 Å². The SMILES string of the molecule is CC(C)(C)NC(=O)NC1CCOC1. The predicted molar refractivity (Wildman–Crippen MR) is 50.6 cm³/mol. The molecule has 2 amide bonds. The van der Waals surface area contributed by atoms with Crippen molar-refractivity contribution in [1.29, 1.82) is 0 Å². The fourth-order valence-electron chi connectivity index (χ4n) is 1.21. The minimum Gasteiger partial charge on any atom is -0.379 e. The molecule has 1 rings (SSSR count). The number of carbonyl (C=O) groups excluding carboxylic acids is 1. The Labute approximate surface area is 79.0 Å². The molecule has 1 aliphatic heterocycles. The van der Waals surface area contributed by atoms with Gasteiger partial charge in [-0.25, -0.2) is 4.79 Å². The smallest absolute Gasteiger partial charge is 0.315 e. The van der Waals surface area contributed by atoms with Crippen molar-refractivity contribution in [3.8, 4) is 0 Å². The van der Waals surface area contributed by atoms with E-state index in [1.54, 1.807) is 0 Å². The molecular weight excluding hydrogens is 168 g/mol. The lowest BCUT2D eigenvalue weighted by Crippen LogP contribution is -2.49. The van der Waals surface area contributed by atoms with Crippen LogP contribution in [-0.4, -0.2) is 30.8 Å². The minimum atomic E-state index is -0.177. The van der Waals surface area contributed by atoms with E-state index in [-0.39, 0.29) is 17.6 Å². The standard InChI is InChI=1S/C9H18N2O2/c1-9(2,3)11-8(12)10-7-4-5-13-6-7/h7H,4-6H2,1-3H3,(H2,10,11,12). The third-order valence-electron chi connectivity index (χ3n) is 1.75. The van der Waals surface area contributed by atoms with Crippen LogP contribution < -0.4 is 10.6 Å². The number of urea groups is 1. The van der Waals surface area contributed by atoms with Crippen molar-refractivity contribution in [2.24, 2.45) is 0 Å². The largest absolute Gasteiger partial charge is 0.379 e. The second-order valence-electron chi connectivity index (χ2n) is 4.41. The lowest BCUT2D eigenvalue weighted by molar-refractivity contribution is 0.187. The molecule has 0 bridgehead atoms. The van der Waals surface area contributed by atoms with Crippen LogP contribution in [0.4, 0.5) is 4.79 Å². The molecule has 2 N–H and O–H groups in total. The van der Waals surface area contributed by atoms with E-state index in [9.17, 15) is 4.79 Å². The third-order valence-corrected chi connectivity index (χ3v) is 1.75. The number of hydrogen-bond acceptors (Lipinski definition) is 2. The molecule has 0 spiro atoms. The van der Waals surface area contributed by atoms with Crippen LogP contribution >= 0.6 is 0 Å². The lowest BCUT2D eigenvalue weighted by atomic mass is 10.1. The van der Waals surface area contributed by atoms with Crippen LogP contribution in [0.1, 0.15) is 27.2 Å².